The summed E-state index contributed by atoms with van der Waals surface area (Å²) < 4.78 is 38.5. The molecule has 11 heteroatoms. The number of aromatic nitrogens is 2. The molecule has 1 amide bonds. The maximum absolute atomic E-state index is 13.8. The number of amides is 1. The quantitative estimate of drug-likeness (QED) is 0.317. The lowest BCUT2D eigenvalue weighted by Gasteiger charge is -2.37. The van der Waals surface area contributed by atoms with E-state index in [0.29, 0.717) is 42.0 Å². The molecule has 4 rings (SSSR count). The van der Waals surface area contributed by atoms with Gasteiger partial charge in [0.25, 0.3) is 5.91 Å². The highest BCUT2D eigenvalue weighted by Crippen LogP contribution is 2.26. The van der Waals surface area contributed by atoms with E-state index in [1.54, 1.807) is 30.5 Å². The van der Waals surface area contributed by atoms with Crippen LogP contribution < -0.4 is 15.4 Å². The molecule has 1 fully saturated rings. The van der Waals surface area contributed by atoms with E-state index in [1.807, 2.05) is 0 Å². The highest BCUT2D eigenvalue weighted by molar-refractivity contribution is 6.01. The number of carbonyl (C=O) groups is 1. The molecule has 2 aromatic heterocycles. The number of carbonyl (C=O) groups excluding carboxylic acids is 1. The van der Waals surface area contributed by atoms with Gasteiger partial charge in [-0.1, -0.05) is 12.2 Å². The Kier molecular flexibility index (Phi) is 9.29. The van der Waals surface area contributed by atoms with Crippen LogP contribution in [0.3, 0.4) is 0 Å². The van der Waals surface area contributed by atoms with Gasteiger partial charge in [0.05, 0.1) is 37.1 Å². The van der Waals surface area contributed by atoms with Crippen LogP contribution in [0.2, 0.25) is 0 Å². The maximum Gasteiger partial charge on any atom is 0.253 e. The summed E-state index contributed by atoms with van der Waals surface area (Å²) in [6.07, 6.45) is 3.36. The number of methoxy groups -OCH3 is 1. The highest BCUT2D eigenvalue weighted by atomic mass is 19.1. The third kappa shape index (κ3) is 6.87. The molecule has 1 saturated heterocycles. The lowest BCUT2D eigenvalue weighted by molar-refractivity contribution is -0.141. The van der Waals surface area contributed by atoms with Gasteiger partial charge in [-0.05, 0) is 43.2 Å². The number of nitrogens with one attached hydrogen (secondary N) is 2. The fraction of sp³-hybridized carbons (Fsp3) is 0.370. The molecule has 1 aromatic carbocycles. The monoisotopic (exact) mass is 528 g/mol. The van der Waals surface area contributed by atoms with E-state index in [2.05, 4.69) is 20.6 Å². The van der Waals surface area contributed by atoms with Crippen LogP contribution in [0.1, 0.15) is 24.8 Å². The van der Waals surface area contributed by atoms with Crippen molar-refractivity contribution in [2.24, 2.45) is 0 Å². The number of benzene rings is 1. The normalized spacial score (nSPS) is 20.5. The van der Waals surface area contributed by atoms with Gasteiger partial charge in [-0.25, -0.2) is 13.8 Å². The predicted molar refractivity (Wildman–Crippen MR) is 138 cm³/mol. The van der Waals surface area contributed by atoms with Crippen molar-refractivity contribution < 1.29 is 33.3 Å². The number of pyridine rings is 2. The van der Waals surface area contributed by atoms with Gasteiger partial charge in [-0.15, -0.1) is 0 Å². The molecule has 0 aliphatic carbocycles. The summed E-state index contributed by atoms with van der Waals surface area (Å²) in [7, 11) is 1.50. The number of aliphatic hydroxyl groups is 2. The number of hydrogen-bond donors (Lipinski definition) is 4. The molecule has 4 N–H and O–H groups in total. The lowest BCUT2D eigenvalue weighted by Crippen LogP contribution is -2.51. The average molecular weight is 529 g/mol. The molecule has 1 aliphatic rings. The maximum atomic E-state index is 13.8. The molecule has 4 atom stereocenters. The van der Waals surface area contributed by atoms with Gasteiger partial charge in [-0.2, -0.15) is 0 Å². The molecule has 3 aromatic rings. The zero-order valence-corrected chi connectivity index (χ0v) is 20.8. The van der Waals surface area contributed by atoms with Gasteiger partial charge in [0.2, 0.25) is 5.88 Å². The number of fused-ring (bicyclic) bond motifs is 1. The number of ether oxygens (including phenoxy) is 2. The van der Waals surface area contributed by atoms with Crippen LogP contribution in [-0.2, 0) is 9.53 Å². The molecule has 1 aliphatic heterocycles. The van der Waals surface area contributed by atoms with Crippen molar-refractivity contribution in [3.8, 4) is 5.88 Å². The third-order valence-corrected chi connectivity index (χ3v) is 6.31. The fourth-order valence-electron chi connectivity index (χ4n) is 4.36. The van der Waals surface area contributed by atoms with Crippen LogP contribution in [0, 0.1) is 11.6 Å². The van der Waals surface area contributed by atoms with E-state index in [9.17, 15) is 23.8 Å². The van der Waals surface area contributed by atoms with Crippen molar-refractivity contribution >= 4 is 28.7 Å². The number of halogens is 2. The van der Waals surface area contributed by atoms with Crippen LogP contribution in [-0.4, -0.2) is 70.7 Å². The summed E-state index contributed by atoms with van der Waals surface area (Å²) in [5.41, 5.74) is 1.66. The molecule has 3 heterocycles. The van der Waals surface area contributed by atoms with Gasteiger partial charge < -0.3 is 30.3 Å². The van der Waals surface area contributed by atoms with E-state index in [1.165, 1.54) is 13.2 Å². The largest absolute Gasteiger partial charge is 0.481 e. The van der Waals surface area contributed by atoms with Gasteiger partial charge >= 0.3 is 0 Å². The average Bonchev–Trinajstić information content (AvgIpc) is 2.93. The topological polar surface area (TPSA) is 126 Å². The van der Waals surface area contributed by atoms with E-state index in [4.69, 9.17) is 9.47 Å². The van der Waals surface area contributed by atoms with E-state index < -0.39 is 36.6 Å². The summed E-state index contributed by atoms with van der Waals surface area (Å²) in [5.74, 6) is -1.05. The molecule has 38 heavy (non-hydrogen) atoms. The number of aliphatic hydroxyl groups excluding tert-OH is 2. The molecular formula is C27H30F2N4O5. The van der Waals surface area contributed by atoms with Crippen LogP contribution in [0.15, 0.2) is 48.7 Å². The van der Waals surface area contributed by atoms with Crippen molar-refractivity contribution in [3.63, 3.8) is 0 Å². The Labute approximate surface area is 218 Å². The summed E-state index contributed by atoms with van der Waals surface area (Å²) in [4.78, 5) is 21.8. The second-order valence-electron chi connectivity index (χ2n) is 8.96. The first-order chi connectivity index (χ1) is 18.4. The Morgan fingerprint density at radius 2 is 2.11 bits per heavy atom. The van der Waals surface area contributed by atoms with Gasteiger partial charge in [0, 0.05) is 36.8 Å². The molecule has 202 valence electrons. The molecular weight excluding hydrogens is 498 g/mol. The zero-order valence-electron chi connectivity index (χ0n) is 20.8. The Bertz CT molecular complexity index is 1290. The van der Waals surface area contributed by atoms with Crippen LogP contribution >= 0.6 is 0 Å². The standard InChI is InChI=1S/C27H30F2N4O5/c1-37-25-9-7-21-26(33-25)22(10-12-31-21)32-27(36)23-8-6-20(24(38-23)14-18(35)15-34)30-11-2-3-16-13-17(28)4-5-19(16)29/h2-5,7,9-10,12-13,18,20,23-24,30,34-35H,6,8,11,14-15H2,1H3,(H,31,32,36)/b3-2+/t18?,20-,23+,24-/m1/s1. The SMILES string of the molecule is COc1ccc2nccc(NC(=O)[C@@H]3CC[C@@H](NC/C=C/c4cc(F)ccc4F)[C@@H](CC(O)CO)O3)c2n1. The molecule has 0 saturated carbocycles. The van der Waals surface area contributed by atoms with Crippen LogP contribution in [0.5, 0.6) is 5.88 Å². The Morgan fingerprint density at radius 3 is 2.89 bits per heavy atom. The van der Waals surface area contributed by atoms with Gasteiger partial charge in [-0.3, -0.25) is 9.78 Å². The highest BCUT2D eigenvalue weighted by Gasteiger charge is 2.35. The minimum Gasteiger partial charge on any atom is -0.481 e. The summed E-state index contributed by atoms with van der Waals surface area (Å²) in [5, 5.41) is 25.5. The first-order valence-electron chi connectivity index (χ1n) is 12.3. The summed E-state index contributed by atoms with van der Waals surface area (Å²) in [6.45, 7) is -0.123. The third-order valence-electron chi connectivity index (χ3n) is 6.31. The minimum atomic E-state index is -1.02. The molecule has 1 unspecified atom stereocenters. The first-order valence-corrected chi connectivity index (χ1v) is 12.3. The Hall–Kier alpha value is -3.51. The van der Waals surface area contributed by atoms with Crippen molar-refractivity contribution in [2.45, 2.75) is 43.6 Å². The Morgan fingerprint density at radius 1 is 1.26 bits per heavy atom. The van der Waals surface area contributed by atoms with E-state index in [-0.39, 0.29) is 23.9 Å². The summed E-state index contributed by atoms with van der Waals surface area (Å²) in [6, 6.07) is 8.05. The van der Waals surface area contributed by atoms with Crippen molar-refractivity contribution in [1.82, 2.24) is 15.3 Å². The van der Waals surface area contributed by atoms with Crippen molar-refractivity contribution in [3.05, 3.63) is 65.9 Å². The van der Waals surface area contributed by atoms with Gasteiger partial charge in [0.15, 0.2) is 0 Å². The minimum absolute atomic E-state index is 0.108. The number of nitrogens with zero attached hydrogens (tertiary/aromatic N) is 2. The Balaban J connectivity index is 1.41. The van der Waals surface area contributed by atoms with Crippen LogP contribution in [0.4, 0.5) is 14.5 Å². The van der Waals surface area contributed by atoms with Crippen molar-refractivity contribution in [2.75, 3.05) is 25.6 Å². The second kappa shape index (κ2) is 12.8. The molecule has 0 bridgehead atoms. The van der Waals surface area contributed by atoms with E-state index >= 15 is 0 Å². The first kappa shape index (κ1) is 27.5. The van der Waals surface area contributed by atoms with Gasteiger partial charge in [0.1, 0.15) is 23.3 Å². The predicted octanol–water partition coefficient (Wildman–Crippen LogP) is 2.82. The summed E-state index contributed by atoms with van der Waals surface area (Å²) >= 11 is 0. The molecule has 9 nitrogen and oxygen atoms in total. The van der Waals surface area contributed by atoms with E-state index in [0.717, 1.165) is 18.2 Å². The number of rotatable bonds is 10. The lowest BCUT2D eigenvalue weighted by atomic mass is 9.94. The second-order valence-corrected chi connectivity index (χ2v) is 8.96. The fourth-order valence-corrected chi connectivity index (χ4v) is 4.36. The number of anilines is 1. The number of hydrogen-bond acceptors (Lipinski definition) is 8. The molecule has 0 radical (unpaired) electrons. The zero-order chi connectivity index (χ0) is 27.1. The molecule has 0 spiro atoms. The smallest absolute Gasteiger partial charge is 0.253 e. The van der Waals surface area contributed by atoms with Crippen LogP contribution in [0.25, 0.3) is 17.1 Å². The van der Waals surface area contributed by atoms with Crippen molar-refractivity contribution in [1.29, 1.82) is 0 Å².